The number of nitrogens with zero attached hydrogens (tertiary/aromatic N) is 2. The third kappa shape index (κ3) is 3.77. The fourth-order valence-electron chi connectivity index (χ4n) is 2.48. The molecule has 0 amide bonds. The average molecular weight is 352 g/mol. The Morgan fingerprint density at radius 3 is 2.50 bits per heavy atom. The van der Waals surface area contributed by atoms with Gasteiger partial charge < -0.3 is 4.74 Å². The second kappa shape index (κ2) is 6.55. The van der Waals surface area contributed by atoms with Crippen LogP contribution in [0.15, 0.2) is 34.2 Å². The van der Waals surface area contributed by atoms with E-state index in [2.05, 4.69) is 4.99 Å². The van der Waals surface area contributed by atoms with Crippen molar-refractivity contribution in [3.63, 3.8) is 0 Å². The summed E-state index contributed by atoms with van der Waals surface area (Å²) in [6.07, 6.45) is 0.421. The van der Waals surface area contributed by atoms with Crippen LogP contribution in [0, 0.1) is 0 Å². The standard InChI is InChI=1S/C17H24N2O4S/c1-6-12(2)19-15(11-16(20)23-17(3,4)5)18-13-9-7-8-10-14(13)24(19,21)22/h7-10,12H,6,11H2,1-5H3. The number of aliphatic imine (C=N–C) groups is 1. The van der Waals surface area contributed by atoms with Gasteiger partial charge in [-0.2, -0.15) is 0 Å². The Bertz CT molecular complexity index is 763. The Labute approximate surface area is 143 Å². The van der Waals surface area contributed by atoms with Crippen molar-refractivity contribution in [3.05, 3.63) is 24.3 Å². The molecule has 1 aliphatic rings. The van der Waals surface area contributed by atoms with E-state index >= 15 is 0 Å². The topological polar surface area (TPSA) is 76.0 Å². The van der Waals surface area contributed by atoms with Gasteiger partial charge in [-0.05, 0) is 46.2 Å². The molecule has 0 aliphatic carbocycles. The maximum Gasteiger partial charge on any atom is 0.314 e. The first-order valence-corrected chi connectivity index (χ1v) is 9.43. The Morgan fingerprint density at radius 1 is 1.29 bits per heavy atom. The summed E-state index contributed by atoms with van der Waals surface area (Å²) in [6.45, 7) is 9.01. The van der Waals surface area contributed by atoms with Gasteiger partial charge in [0.05, 0.1) is 5.69 Å². The van der Waals surface area contributed by atoms with Crippen LogP contribution in [0.3, 0.4) is 0 Å². The van der Waals surface area contributed by atoms with Crippen molar-refractivity contribution in [1.29, 1.82) is 0 Å². The highest BCUT2D eigenvalue weighted by molar-refractivity contribution is 7.90. The van der Waals surface area contributed by atoms with Crippen LogP contribution in [-0.4, -0.2) is 36.2 Å². The van der Waals surface area contributed by atoms with E-state index in [9.17, 15) is 13.2 Å². The van der Waals surface area contributed by atoms with Gasteiger partial charge in [-0.1, -0.05) is 19.1 Å². The number of hydrogen-bond acceptors (Lipinski definition) is 5. The fourth-order valence-corrected chi connectivity index (χ4v) is 4.33. The molecule has 0 radical (unpaired) electrons. The first-order valence-electron chi connectivity index (χ1n) is 7.99. The molecule has 6 nitrogen and oxygen atoms in total. The van der Waals surface area contributed by atoms with Crippen LogP contribution >= 0.6 is 0 Å². The van der Waals surface area contributed by atoms with Crippen molar-refractivity contribution in [2.75, 3.05) is 0 Å². The summed E-state index contributed by atoms with van der Waals surface area (Å²) in [5.41, 5.74) is -0.278. The van der Waals surface area contributed by atoms with E-state index < -0.39 is 21.6 Å². The monoisotopic (exact) mass is 352 g/mol. The molecule has 0 aromatic heterocycles. The number of carbonyl (C=O) groups is 1. The minimum atomic E-state index is -3.74. The number of carbonyl (C=O) groups excluding carboxylic acids is 1. The molecule has 7 heteroatoms. The zero-order valence-corrected chi connectivity index (χ0v) is 15.6. The normalized spacial score (nSPS) is 17.7. The van der Waals surface area contributed by atoms with Crippen molar-refractivity contribution in [1.82, 2.24) is 4.31 Å². The van der Waals surface area contributed by atoms with Crippen LogP contribution in [0.4, 0.5) is 5.69 Å². The van der Waals surface area contributed by atoms with E-state index in [4.69, 9.17) is 4.74 Å². The third-order valence-electron chi connectivity index (χ3n) is 3.62. The van der Waals surface area contributed by atoms with Crippen molar-refractivity contribution in [2.24, 2.45) is 4.99 Å². The first-order chi connectivity index (χ1) is 11.1. The van der Waals surface area contributed by atoms with Gasteiger partial charge in [0.2, 0.25) is 0 Å². The summed E-state index contributed by atoms with van der Waals surface area (Å²) < 4.78 is 32.5. The zero-order chi connectivity index (χ0) is 18.1. The highest BCUT2D eigenvalue weighted by atomic mass is 32.2. The van der Waals surface area contributed by atoms with Crippen LogP contribution in [0.2, 0.25) is 0 Å². The molecular formula is C17H24N2O4S. The second-order valence-corrected chi connectivity index (χ2v) is 8.60. The smallest absolute Gasteiger partial charge is 0.314 e. The van der Waals surface area contributed by atoms with Crippen molar-refractivity contribution < 1.29 is 17.9 Å². The Kier molecular flexibility index (Phi) is 5.03. The Morgan fingerprint density at radius 2 is 1.92 bits per heavy atom. The minimum Gasteiger partial charge on any atom is -0.460 e. The van der Waals surface area contributed by atoms with Crippen LogP contribution in [0.1, 0.15) is 47.5 Å². The maximum absolute atomic E-state index is 13.0. The van der Waals surface area contributed by atoms with Crippen LogP contribution < -0.4 is 0 Å². The molecule has 0 fully saturated rings. The quantitative estimate of drug-likeness (QED) is 0.780. The molecule has 0 spiro atoms. The lowest BCUT2D eigenvalue weighted by Gasteiger charge is -2.34. The molecule has 24 heavy (non-hydrogen) atoms. The molecule has 1 unspecified atom stereocenters. The number of hydrogen-bond donors (Lipinski definition) is 0. The number of ether oxygens (including phenoxy) is 1. The summed E-state index contributed by atoms with van der Waals surface area (Å²) in [6, 6.07) is 6.26. The lowest BCUT2D eigenvalue weighted by Crippen LogP contribution is -2.45. The summed E-state index contributed by atoms with van der Waals surface area (Å²) in [4.78, 5) is 16.8. The molecule has 2 rings (SSSR count). The van der Waals surface area contributed by atoms with E-state index in [0.29, 0.717) is 12.1 Å². The molecule has 0 N–H and O–H groups in total. The zero-order valence-electron chi connectivity index (χ0n) is 14.7. The predicted molar refractivity (Wildman–Crippen MR) is 92.8 cm³/mol. The number of amidine groups is 1. The SMILES string of the molecule is CCC(C)N1C(CC(=O)OC(C)(C)C)=Nc2ccccc2S1(=O)=O. The highest BCUT2D eigenvalue weighted by Gasteiger charge is 2.37. The first kappa shape index (κ1) is 18.4. The van der Waals surface area contributed by atoms with E-state index in [-0.39, 0.29) is 23.2 Å². The third-order valence-corrected chi connectivity index (χ3v) is 5.61. The van der Waals surface area contributed by atoms with Crippen LogP contribution in [-0.2, 0) is 19.6 Å². The van der Waals surface area contributed by atoms with Gasteiger partial charge in [0.1, 0.15) is 22.8 Å². The number of esters is 1. The van der Waals surface area contributed by atoms with Gasteiger partial charge in [-0.3, -0.25) is 4.79 Å². The molecule has 1 aromatic carbocycles. The molecule has 1 heterocycles. The van der Waals surface area contributed by atoms with E-state index in [1.165, 1.54) is 10.4 Å². The largest absolute Gasteiger partial charge is 0.460 e. The summed E-state index contributed by atoms with van der Waals surface area (Å²) in [5, 5.41) is 0. The molecule has 1 aromatic rings. The van der Waals surface area contributed by atoms with Gasteiger partial charge in [-0.25, -0.2) is 17.7 Å². The lowest BCUT2D eigenvalue weighted by atomic mass is 10.2. The number of fused-ring (bicyclic) bond motifs is 1. The number of para-hydroxylation sites is 1. The van der Waals surface area contributed by atoms with Crippen molar-refractivity contribution >= 4 is 27.5 Å². The van der Waals surface area contributed by atoms with E-state index in [1.807, 2.05) is 6.92 Å². The summed E-state index contributed by atoms with van der Waals surface area (Å²) in [7, 11) is -3.74. The second-order valence-electron chi connectivity index (χ2n) is 6.82. The molecular weight excluding hydrogens is 328 g/mol. The molecule has 1 atom stereocenters. The molecule has 0 saturated heterocycles. The molecule has 1 aliphatic heterocycles. The van der Waals surface area contributed by atoms with E-state index in [1.54, 1.807) is 45.9 Å². The predicted octanol–water partition coefficient (Wildman–Crippen LogP) is 3.25. The van der Waals surface area contributed by atoms with Gasteiger partial charge in [0.15, 0.2) is 0 Å². The average Bonchev–Trinajstić information content (AvgIpc) is 2.44. The van der Waals surface area contributed by atoms with Gasteiger partial charge >= 0.3 is 5.97 Å². The lowest BCUT2D eigenvalue weighted by molar-refractivity contribution is -0.153. The van der Waals surface area contributed by atoms with Crippen molar-refractivity contribution in [2.45, 2.75) is 64.0 Å². The highest BCUT2D eigenvalue weighted by Crippen LogP contribution is 2.34. The van der Waals surface area contributed by atoms with E-state index in [0.717, 1.165) is 0 Å². The maximum atomic E-state index is 13.0. The number of benzene rings is 1. The van der Waals surface area contributed by atoms with Gasteiger partial charge in [0.25, 0.3) is 10.0 Å². The Balaban J connectivity index is 2.46. The number of sulfonamides is 1. The minimum absolute atomic E-state index is 0.165. The molecule has 0 saturated carbocycles. The molecule has 0 bridgehead atoms. The summed E-state index contributed by atoms with van der Waals surface area (Å²) >= 11 is 0. The van der Waals surface area contributed by atoms with Gasteiger partial charge in [-0.15, -0.1) is 0 Å². The number of rotatable bonds is 4. The fraction of sp³-hybridized carbons (Fsp3) is 0.529. The molecule has 132 valence electrons. The summed E-state index contributed by atoms with van der Waals surface area (Å²) in [5.74, 6) is -0.290. The van der Waals surface area contributed by atoms with Crippen LogP contribution in [0.25, 0.3) is 0 Å². The van der Waals surface area contributed by atoms with Crippen LogP contribution in [0.5, 0.6) is 0 Å². The Hall–Kier alpha value is -1.89. The van der Waals surface area contributed by atoms with Crippen molar-refractivity contribution in [3.8, 4) is 0 Å². The van der Waals surface area contributed by atoms with Gasteiger partial charge in [0, 0.05) is 6.04 Å².